The SMILES string of the molecule is CCOC1(c2nccc(=O)[nH]2)CCCC1. The predicted molar refractivity (Wildman–Crippen MR) is 56.6 cm³/mol. The zero-order chi connectivity index (χ0) is 10.7. The first-order valence-electron chi connectivity index (χ1n) is 5.46. The molecule has 0 atom stereocenters. The van der Waals surface area contributed by atoms with E-state index in [0.29, 0.717) is 12.4 Å². The molecule has 82 valence electrons. The molecule has 0 bridgehead atoms. The quantitative estimate of drug-likeness (QED) is 0.820. The lowest BCUT2D eigenvalue weighted by molar-refractivity contribution is -0.0458. The third-order valence-electron chi connectivity index (χ3n) is 2.93. The Morgan fingerprint density at radius 1 is 1.53 bits per heavy atom. The largest absolute Gasteiger partial charge is 0.367 e. The summed E-state index contributed by atoms with van der Waals surface area (Å²) in [6.07, 6.45) is 5.73. The fourth-order valence-electron chi connectivity index (χ4n) is 2.27. The highest BCUT2D eigenvalue weighted by Gasteiger charge is 2.38. The molecule has 4 heteroatoms. The van der Waals surface area contributed by atoms with Crippen LogP contribution in [0, 0.1) is 0 Å². The fourth-order valence-corrected chi connectivity index (χ4v) is 2.27. The molecular formula is C11H16N2O2. The van der Waals surface area contributed by atoms with Gasteiger partial charge in [0.05, 0.1) is 0 Å². The highest BCUT2D eigenvalue weighted by Crippen LogP contribution is 2.39. The van der Waals surface area contributed by atoms with Crippen LogP contribution in [0.4, 0.5) is 0 Å². The van der Waals surface area contributed by atoms with Gasteiger partial charge >= 0.3 is 0 Å². The molecule has 1 saturated carbocycles. The Kier molecular flexibility index (Phi) is 2.86. The van der Waals surface area contributed by atoms with Gasteiger partial charge in [-0.05, 0) is 32.6 Å². The van der Waals surface area contributed by atoms with Gasteiger partial charge in [0.1, 0.15) is 11.4 Å². The summed E-state index contributed by atoms with van der Waals surface area (Å²) in [4.78, 5) is 18.3. The average molecular weight is 208 g/mol. The molecule has 0 aromatic carbocycles. The van der Waals surface area contributed by atoms with E-state index in [1.807, 2.05) is 6.92 Å². The Morgan fingerprint density at radius 2 is 2.27 bits per heavy atom. The molecule has 1 aliphatic rings. The second-order valence-electron chi connectivity index (χ2n) is 3.92. The number of aromatic amines is 1. The Balaban J connectivity index is 2.36. The van der Waals surface area contributed by atoms with Crippen molar-refractivity contribution in [3.8, 4) is 0 Å². The topological polar surface area (TPSA) is 55.0 Å². The van der Waals surface area contributed by atoms with E-state index in [0.717, 1.165) is 25.7 Å². The van der Waals surface area contributed by atoms with Crippen LogP contribution in [0.3, 0.4) is 0 Å². The zero-order valence-corrected chi connectivity index (χ0v) is 8.95. The van der Waals surface area contributed by atoms with Gasteiger partial charge < -0.3 is 9.72 Å². The van der Waals surface area contributed by atoms with Gasteiger partial charge in [-0.2, -0.15) is 0 Å². The number of ether oxygens (including phenoxy) is 1. The van der Waals surface area contributed by atoms with E-state index < -0.39 is 0 Å². The van der Waals surface area contributed by atoms with Gasteiger partial charge in [-0.15, -0.1) is 0 Å². The lowest BCUT2D eigenvalue weighted by atomic mass is 10.0. The number of aromatic nitrogens is 2. The van der Waals surface area contributed by atoms with E-state index in [1.165, 1.54) is 6.07 Å². The summed E-state index contributed by atoms with van der Waals surface area (Å²) >= 11 is 0. The summed E-state index contributed by atoms with van der Waals surface area (Å²) in [6, 6.07) is 1.43. The molecule has 0 saturated heterocycles. The van der Waals surface area contributed by atoms with Crippen LogP contribution >= 0.6 is 0 Å². The van der Waals surface area contributed by atoms with Crippen LogP contribution in [0.15, 0.2) is 17.1 Å². The van der Waals surface area contributed by atoms with Crippen molar-refractivity contribution in [1.82, 2.24) is 9.97 Å². The van der Waals surface area contributed by atoms with Gasteiger partial charge in [-0.1, -0.05) is 0 Å². The summed E-state index contributed by atoms with van der Waals surface area (Å²) in [5.41, 5.74) is -0.444. The highest BCUT2D eigenvalue weighted by molar-refractivity contribution is 5.05. The smallest absolute Gasteiger partial charge is 0.250 e. The van der Waals surface area contributed by atoms with E-state index in [9.17, 15) is 4.79 Å². The normalized spacial score (nSPS) is 19.3. The van der Waals surface area contributed by atoms with Gasteiger partial charge in [0.15, 0.2) is 0 Å². The summed E-state index contributed by atoms with van der Waals surface area (Å²) in [5, 5.41) is 0. The fraction of sp³-hybridized carbons (Fsp3) is 0.636. The van der Waals surface area contributed by atoms with Crippen LogP contribution < -0.4 is 5.56 Å². The van der Waals surface area contributed by atoms with Crippen molar-refractivity contribution in [2.75, 3.05) is 6.61 Å². The minimum atomic E-state index is -0.338. The van der Waals surface area contributed by atoms with E-state index in [2.05, 4.69) is 9.97 Å². The van der Waals surface area contributed by atoms with Crippen molar-refractivity contribution in [3.05, 3.63) is 28.4 Å². The Labute approximate surface area is 88.7 Å². The number of nitrogens with one attached hydrogen (secondary N) is 1. The van der Waals surface area contributed by atoms with Crippen molar-refractivity contribution in [3.63, 3.8) is 0 Å². The number of rotatable bonds is 3. The summed E-state index contributed by atoms with van der Waals surface area (Å²) in [6.45, 7) is 2.62. The average Bonchev–Trinajstić information content (AvgIpc) is 2.68. The highest BCUT2D eigenvalue weighted by atomic mass is 16.5. The molecule has 0 spiro atoms. The van der Waals surface area contributed by atoms with Crippen LogP contribution in [0.2, 0.25) is 0 Å². The molecule has 4 nitrogen and oxygen atoms in total. The maximum atomic E-state index is 11.2. The number of hydrogen-bond donors (Lipinski definition) is 1. The summed E-state index contributed by atoms with van der Waals surface area (Å²) < 4.78 is 5.80. The predicted octanol–water partition coefficient (Wildman–Crippen LogP) is 1.58. The van der Waals surface area contributed by atoms with Crippen molar-refractivity contribution in [2.45, 2.75) is 38.2 Å². The van der Waals surface area contributed by atoms with Crippen molar-refractivity contribution >= 4 is 0 Å². The van der Waals surface area contributed by atoms with Gasteiger partial charge in [-0.3, -0.25) is 4.79 Å². The molecule has 1 aliphatic carbocycles. The van der Waals surface area contributed by atoms with Crippen molar-refractivity contribution < 1.29 is 4.74 Å². The maximum absolute atomic E-state index is 11.2. The molecule has 1 aromatic heterocycles. The molecule has 1 N–H and O–H groups in total. The molecule has 1 fully saturated rings. The molecule has 0 amide bonds. The minimum Gasteiger partial charge on any atom is -0.367 e. The van der Waals surface area contributed by atoms with E-state index in [1.54, 1.807) is 6.20 Å². The molecule has 1 aromatic rings. The monoisotopic (exact) mass is 208 g/mol. The first-order valence-corrected chi connectivity index (χ1v) is 5.46. The molecule has 0 aliphatic heterocycles. The number of H-pyrrole nitrogens is 1. The first kappa shape index (κ1) is 10.4. The maximum Gasteiger partial charge on any atom is 0.250 e. The first-order chi connectivity index (χ1) is 7.27. The molecule has 15 heavy (non-hydrogen) atoms. The summed E-state index contributed by atoms with van der Waals surface area (Å²) in [7, 11) is 0. The minimum absolute atomic E-state index is 0.106. The molecule has 1 heterocycles. The number of nitrogens with zero attached hydrogens (tertiary/aromatic N) is 1. The lowest BCUT2D eigenvalue weighted by Gasteiger charge is -2.27. The number of hydrogen-bond acceptors (Lipinski definition) is 3. The van der Waals surface area contributed by atoms with Crippen LogP contribution in [0.5, 0.6) is 0 Å². The van der Waals surface area contributed by atoms with Gasteiger partial charge in [0, 0.05) is 18.9 Å². The summed E-state index contributed by atoms with van der Waals surface area (Å²) in [5.74, 6) is 0.689. The Morgan fingerprint density at radius 3 is 2.87 bits per heavy atom. The van der Waals surface area contributed by atoms with Crippen LogP contribution in [-0.4, -0.2) is 16.6 Å². The van der Waals surface area contributed by atoms with Gasteiger partial charge in [0.25, 0.3) is 5.56 Å². The second-order valence-corrected chi connectivity index (χ2v) is 3.92. The zero-order valence-electron chi connectivity index (χ0n) is 8.95. The van der Waals surface area contributed by atoms with Crippen molar-refractivity contribution in [1.29, 1.82) is 0 Å². The van der Waals surface area contributed by atoms with Gasteiger partial charge in [-0.25, -0.2) is 4.98 Å². The lowest BCUT2D eigenvalue weighted by Crippen LogP contribution is -2.30. The Hall–Kier alpha value is -1.16. The van der Waals surface area contributed by atoms with E-state index in [-0.39, 0.29) is 11.2 Å². The Bertz CT molecular complexity index is 380. The third kappa shape index (κ3) is 1.95. The van der Waals surface area contributed by atoms with Crippen LogP contribution in [0.25, 0.3) is 0 Å². The van der Waals surface area contributed by atoms with Crippen molar-refractivity contribution in [2.24, 2.45) is 0 Å². The van der Waals surface area contributed by atoms with E-state index in [4.69, 9.17) is 4.74 Å². The molecule has 0 radical (unpaired) electrons. The van der Waals surface area contributed by atoms with Crippen LogP contribution in [0.1, 0.15) is 38.4 Å². The van der Waals surface area contributed by atoms with E-state index >= 15 is 0 Å². The standard InChI is InChI=1S/C11H16N2O2/c1-2-15-11(6-3-4-7-11)10-12-8-5-9(14)13-10/h5,8H,2-4,6-7H2,1H3,(H,12,13,14). The molecule has 2 rings (SSSR count). The van der Waals surface area contributed by atoms with Gasteiger partial charge in [0.2, 0.25) is 0 Å². The molecular weight excluding hydrogens is 192 g/mol. The molecule has 0 unspecified atom stereocenters. The third-order valence-corrected chi connectivity index (χ3v) is 2.93. The van der Waals surface area contributed by atoms with Crippen LogP contribution in [-0.2, 0) is 10.3 Å². The second kappa shape index (κ2) is 4.14.